The van der Waals surface area contributed by atoms with Crippen LogP contribution in [0.4, 0.5) is 0 Å². The molecule has 0 radical (unpaired) electrons. The predicted octanol–water partition coefficient (Wildman–Crippen LogP) is 6.72. The zero-order valence-corrected chi connectivity index (χ0v) is 13.8. The molecule has 0 unspecified atom stereocenters. The second-order valence-corrected chi connectivity index (χ2v) is 7.09. The second kappa shape index (κ2) is 4.70. The SMILES string of the molecule is c1ccc2c(c1)Cc1cc3cc4cc5ccccc5cc4cc3cc1-2. The summed E-state index contributed by atoms with van der Waals surface area (Å²) < 4.78 is 0. The zero-order valence-electron chi connectivity index (χ0n) is 13.8. The van der Waals surface area contributed by atoms with Crippen molar-refractivity contribution in [1.82, 2.24) is 0 Å². The number of rotatable bonds is 0. The highest BCUT2D eigenvalue weighted by Gasteiger charge is 2.18. The van der Waals surface area contributed by atoms with Crippen molar-refractivity contribution in [3.05, 3.63) is 96.1 Å². The molecule has 0 nitrogen and oxygen atoms in total. The maximum Gasteiger partial charge on any atom is -0.00132 e. The van der Waals surface area contributed by atoms with E-state index < -0.39 is 0 Å². The Morgan fingerprint density at radius 1 is 0.400 bits per heavy atom. The van der Waals surface area contributed by atoms with Crippen molar-refractivity contribution >= 4 is 32.3 Å². The van der Waals surface area contributed by atoms with E-state index in [1.165, 1.54) is 54.6 Å². The summed E-state index contributed by atoms with van der Waals surface area (Å²) in [5, 5.41) is 7.93. The van der Waals surface area contributed by atoms with Crippen molar-refractivity contribution in [3.63, 3.8) is 0 Å². The fourth-order valence-corrected chi connectivity index (χ4v) is 4.33. The topological polar surface area (TPSA) is 0 Å². The van der Waals surface area contributed by atoms with Crippen molar-refractivity contribution in [2.24, 2.45) is 0 Å². The molecule has 0 N–H and O–H groups in total. The Balaban J connectivity index is 1.67. The molecule has 6 rings (SSSR count). The average Bonchev–Trinajstić information content (AvgIpc) is 3.00. The predicted molar refractivity (Wildman–Crippen MR) is 107 cm³/mol. The van der Waals surface area contributed by atoms with Crippen LogP contribution in [0.15, 0.2) is 84.9 Å². The lowest BCUT2D eigenvalue weighted by atomic mass is 9.96. The molecular formula is C25H16. The molecule has 0 aliphatic heterocycles. The van der Waals surface area contributed by atoms with Gasteiger partial charge in [-0.3, -0.25) is 0 Å². The molecule has 0 bridgehead atoms. The van der Waals surface area contributed by atoms with Gasteiger partial charge in [0, 0.05) is 0 Å². The summed E-state index contributed by atoms with van der Waals surface area (Å²) in [6.07, 6.45) is 1.05. The average molecular weight is 316 g/mol. The molecular weight excluding hydrogens is 300 g/mol. The highest BCUT2D eigenvalue weighted by atomic mass is 14.2. The Hall–Kier alpha value is -3.12. The molecule has 5 aromatic carbocycles. The van der Waals surface area contributed by atoms with E-state index in [0.717, 1.165) is 6.42 Å². The first kappa shape index (κ1) is 13.2. The summed E-state index contributed by atoms with van der Waals surface area (Å²) in [7, 11) is 0. The monoisotopic (exact) mass is 316 g/mol. The minimum Gasteiger partial charge on any atom is -0.0619 e. The number of benzene rings is 5. The molecule has 1 aliphatic rings. The van der Waals surface area contributed by atoms with Gasteiger partial charge in [0.05, 0.1) is 0 Å². The van der Waals surface area contributed by atoms with Crippen molar-refractivity contribution in [3.8, 4) is 11.1 Å². The fourth-order valence-electron chi connectivity index (χ4n) is 4.33. The summed E-state index contributed by atoms with van der Waals surface area (Å²) >= 11 is 0. The van der Waals surface area contributed by atoms with Crippen molar-refractivity contribution in [2.45, 2.75) is 6.42 Å². The highest BCUT2D eigenvalue weighted by molar-refractivity contribution is 6.06. The van der Waals surface area contributed by atoms with Crippen LogP contribution >= 0.6 is 0 Å². The first-order chi connectivity index (χ1) is 12.3. The van der Waals surface area contributed by atoms with E-state index >= 15 is 0 Å². The van der Waals surface area contributed by atoms with E-state index in [4.69, 9.17) is 0 Å². The Bertz CT molecular complexity index is 1310. The number of fused-ring (bicyclic) bond motifs is 6. The van der Waals surface area contributed by atoms with Crippen LogP contribution in [-0.4, -0.2) is 0 Å². The van der Waals surface area contributed by atoms with E-state index in [1.54, 1.807) is 0 Å². The van der Waals surface area contributed by atoms with Gasteiger partial charge in [0.2, 0.25) is 0 Å². The third-order valence-electron chi connectivity index (χ3n) is 5.57. The van der Waals surface area contributed by atoms with Crippen molar-refractivity contribution < 1.29 is 0 Å². The van der Waals surface area contributed by atoms with Gasteiger partial charge in [-0.05, 0) is 91.3 Å². The normalized spacial score (nSPS) is 12.6. The van der Waals surface area contributed by atoms with Crippen LogP contribution in [0.3, 0.4) is 0 Å². The van der Waals surface area contributed by atoms with Crippen LogP contribution in [0.5, 0.6) is 0 Å². The van der Waals surface area contributed by atoms with Crippen LogP contribution in [0, 0.1) is 0 Å². The van der Waals surface area contributed by atoms with Gasteiger partial charge in [-0.15, -0.1) is 0 Å². The van der Waals surface area contributed by atoms with Gasteiger partial charge in [-0.25, -0.2) is 0 Å². The Morgan fingerprint density at radius 3 is 1.72 bits per heavy atom. The van der Waals surface area contributed by atoms with Gasteiger partial charge in [-0.1, -0.05) is 54.6 Å². The Morgan fingerprint density at radius 2 is 0.960 bits per heavy atom. The summed E-state index contributed by atoms with van der Waals surface area (Å²) in [5.41, 5.74) is 5.71. The lowest BCUT2D eigenvalue weighted by Gasteiger charge is -2.08. The van der Waals surface area contributed by atoms with Crippen LogP contribution in [0.1, 0.15) is 11.1 Å². The third-order valence-corrected chi connectivity index (χ3v) is 5.57. The van der Waals surface area contributed by atoms with Crippen LogP contribution in [0.25, 0.3) is 43.4 Å². The molecule has 0 heteroatoms. The first-order valence-electron chi connectivity index (χ1n) is 8.83. The fraction of sp³-hybridized carbons (Fsp3) is 0.0400. The van der Waals surface area contributed by atoms with Gasteiger partial charge in [0.15, 0.2) is 0 Å². The standard InChI is InChI=1S/C25H16/c1-2-6-17-10-20-13-22-15-25-23(11-18-7-3-4-8-24(18)25)14-21(22)12-19(20)9-16(17)5-1/h1-10,12-15H,11H2. The smallest absolute Gasteiger partial charge is 0.00132 e. The van der Waals surface area contributed by atoms with Gasteiger partial charge in [-0.2, -0.15) is 0 Å². The number of hydrogen-bond donors (Lipinski definition) is 0. The lowest BCUT2D eigenvalue weighted by molar-refractivity contribution is 1.27. The van der Waals surface area contributed by atoms with E-state index in [0.29, 0.717) is 0 Å². The molecule has 25 heavy (non-hydrogen) atoms. The molecule has 0 aromatic heterocycles. The summed E-state index contributed by atoms with van der Waals surface area (Å²) in [4.78, 5) is 0. The Kier molecular flexibility index (Phi) is 2.48. The van der Waals surface area contributed by atoms with Gasteiger partial charge >= 0.3 is 0 Å². The molecule has 1 aliphatic carbocycles. The maximum absolute atomic E-state index is 2.39. The molecule has 0 saturated heterocycles. The van der Waals surface area contributed by atoms with Crippen molar-refractivity contribution in [1.29, 1.82) is 0 Å². The van der Waals surface area contributed by atoms with E-state index in [9.17, 15) is 0 Å². The Labute approximate surface area is 146 Å². The summed E-state index contributed by atoms with van der Waals surface area (Å²) in [6.45, 7) is 0. The van der Waals surface area contributed by atoms with Crippen LogP contribution < -0.4 is 0 Å². The molecule has 0 spiro atoms. The van der Waals surface area contributed by atoms with Crippen LogP contribution in [0.2, 0.25) is 0 Å². The zero-order chi connectivity index (χ0) is 16.4. The highest BCUT2D eigenvalue weighted by Crippen LogP contribution is 2.39. The maximum atomic E-state index is 2.39. The second-order valence-electron chi connectivity index (χ2n) is 7.09. The van der Waals surface area contributed by atoms with E-state index in [-0.39, 0.29) is 0 Å². The molecule has 0 heterocycles. The van der Waals surface area contributed by atoms with Gasteiger partial charge < -0.3 is 0 Å². The summed E-state index contributed by atoms with van der Waals surface area (Å²) in [6, 6.07) is 31.5. The van der Waals surface area contributed by atoms with E-state index in [1.807, 2.05) is 0 Å². The molecule has 0 atom stereocenters. The summed E-state index contributed by atoms with van der Waals surface area (Å²) in [5.74, 6) is 0. The van der Waals surface area contributed by atoms with Gasteiger partial charge in [0.25, 0.3) is 0 Å². The lowest BCUT2D eigenvalue weighted by Crippen LogP contribution is -1.83. The first-order valence-corrected chi connectivity index (χ1v) is 8.83. The molecule has 116 valence electrons. The minimum absolute atomic E-state index is 1.05. The molecule has 5 aromatic rings. The molecule has 0 saturated carbocycles. The largest absolute Gasteiger partial charge is 0.0619 e. The third kappa shape index (κ3) is 1.88. The van der Waals surface area contributed by atoms with Crippen LogP contribution in [-0.2, 0) is 6.42 Å². The number of hydrogen-bond acceptors (Lipinski definition) is 0. The van der Waals surface area contributed by atoms with Gasteiger partial charge in [0.1, 0.15) is 0 Å². The molecule has 0 fully saturated rings. The van der Waals surface area contributed by atoms with E-state index in [2.05, 4.69) is 84.9 Å². The van der Waals surface area contributed by atoms with Crippen molar-refractivity contribution in [2.75, 3.05) is 0 Å². The quantitative estimate of drug-likeness (QED) is 0.273. The minimum atomic E-state index is 1.05. The molecule has 0 amide bonds.